The number of nitrogens with zero attached hydrogens (tertiary/aromatic N) is 1. The number of benzene rings is 1. The van der Waals surface area contributed by atoms with Gasteiger partial charge in [0.25, 0.3) is 0 Å². The molecule has 0 unspecified atom stereocenters. The first-order chi connectivity index (χ1) is 8.17. The Bertz CT molecular complexity index is 560. The molecule has 2 rings (SSSR count). The van der Waals surface area contributed by atoms with E-state index in [-0.39, 0.29) is 5.75 Å². The maximum atomic E-state index is 13.5. The van der Waals surface area contributed by atoms with Crippen LogP contribution in [0.25, 0.3) is 10.9 Å². The molecule has 2 aromatic rings. The first-order valence-electron chi connectivity index (χ1n) is 5.12. The molecule has 5 heteroatoms. The monoisotopic (exact) mass is 347 g/mol. The van der Waals surface area contributed by atoms with Gasteiger partial charge in [0.2, 0.25) is 0 Å². The van der Waals surface area contributed by atoms with Crippen molar-refractivity contribution in [2.45, 2.75) is 6.92 Å². The van der Waals surface area contributed by atoms with E-state index < -0.39 is 5.82 Å². The first kappa shape index (κ1) is 12.3. The second-order valence-electron chi connectivity index (χ2n) is 3.37. The smallest absolute Gasteiger partial charge is 0.167 e. The molecule has 1 aromatic carbocycles. The van der Waals surface area contributed by atoms with E-state index in [4.69, 9.17) is 9.47 Å². The lowest BCUT2D eigenvalue weighted by Crippen LogP contribution is -1.97. The predicted molar refractivity (Wildman–Crippen MR) is 72.1 cm³/mol. The number of rotatable bonds is 3. The van der Waals surface area contributed by atoms with E-state index in [1.165, 1.54) is 13.2 Å². The van der Waals surface area contributed by atoms with E-state index in [0.29, 0.717) is 12.1 Å². The number of methoxy groups -OCH3 is 1. The summed E-state index contributed by atoms with van der Waals surface area (Å²) in [5.74, 6) is 0.495. The van der Waals surface area contributed by atoms with Crippen molar-refractivity contribution in [3.63, 3.8) is 0 Å². The second kappa shape index (κ2) is 5.03. The summed E-state index contributed by atoms with van der Waals surface area (Å²) >= 11 is 2.14. The number of pyridine rings is 1. The first-order valence-corrected chi connectivity index (χ1v) is 6.19. The molecule has 3 nitrogen and oxygen atoms in total. The zero-order chi connectivity index (χ0) is 12.4. The number of halogens is 2. The third-order valence-electron chi connectivity index (χ3n) is 2.34. The molecule has 0 amide bonds. The van der Waals surface area contributed by atoms with Gasteiger partial charge in [0.05, 0.1) is 22.8 Å². The molecule has 0 radical (unpaired) electrons. The summed E-state index contributed by atoms with van der Waals surface area (Å²) in [6.45, 7) is 2.46. The Labute approximate surface area is 112 Å². The molecule has 0 saturated carbocycles. The Balaban J connectivity index is 2.73. The van der Waals surface area contributed by atoms with Crippen molar-refractivity contribution in [1.82, 2.24) is 4.98 Å². The highest BCUT2D eigenvalue weighted by atomic mass is 127. The topological polar surface area (TPSA) is 31.4 Å². The van der Waals surface area contributed by atoms with Gasteiger partial charge in [0.15, 0.2) is 11.6 Å². The zero-order valence-electron chi connectivity index (χ0n) is 9.46. The minimum absolute atomic E-state index is 0.197. The van der Waals surface area contributed by atoms with Crippen LogP contribution in [-0.2, 0) is 0 Å². The van der Waals surface area contributed by atoms with Crippen molar-refractivity contribution < 1.29 is 13.9 Å². The van der Waals surface area contributed by atoms with Crippen molar-refractivity contribution in [3.8, 4) is 11.5 Å². The fraction of sp³-hybridized carbons (Fsp3) is 0.250. The fourth-order valence-electron chi connectivity index (χ4n) is 1.59. The zero-order valence-corrected chi connectivity index (χ0v) is 11.6. The molecule has 0 fully saturated rings. The van der Waals surface area contributed by atoms with Crippen molar-refractivity contribution in [2.75, 3.05) is 13.7 Å². The standard InChI is InChI=1S/C12H11FINO2/c1-3-17-12-7-4-11(16-2)8(13)5-10(7)15-6-9(12)14/h4-6H,3H2,1-2H3. The lowest BCUT2D eigenvalue weighted by Gasteiger charge is -2.10. The highest BCUT2D eigenvalue weighted by Gasteiger charge is 2.12. The maximum Gasteiger partial charge on any atom is 0.167 e. The number of hydrogen-bond acceptors (Lipinski definition) is 3. The molecule has 0 aliphatic heterocycles. The molecule has 0 spiro atoms. The minimum atomic E-state index is -0.420. The molecule has 0 aliphatic carbocycles. The van der Waals surface area contributed by atoms with Crippen LogP contribution in [0.1, 0.15) is 6.92 Å². The average molecular weight is 347 g/mol. The van der Waals surface area contributed by atoms with E-state index in [9.17, 15) is 4.39 Å². The van der Waals surface area contributed by atoms with Crippen LogP contribution in [0.2, 0.25) is 0 Å². The Morgan fingerprint density at radius 2 is 2.18 bits per heavy atom. The van der Waals surface area contributed by atoms with Gasteiger partial charge in [-0.15, -0.1) is 0 Å². The van der Waals surface area contributed by atoms with Gasteiger partial charge in [-0.1, -0.05) is 0 Å². The normalized spacial score (nSPS) is 10.6. The largest absolute Gasteiger partial charge is 0.494 e. The number of hydrogen-bond donors (Lipinski definition) is 0. The van der Waals surface area contributed by atoms with Crippen LogP contribution in [0.5, 0.6) is 11.5 Å². The summed E-state index contributed by atoms with van der Waals surface area (Å²) in [5, 5.41) is 0.761. The molecular formula is C12H11FINO2. The van der Waals surface area contributed by atoms with Crippen LogP contribution in [0.4, 0.5) is 4.39 Å². The average Bonchev–Trinajstić information content (AvgIpc) is 2.32. The second-order valence-corrected chi connectivity index (χ2v) is 4.53. The lowest BCUT2D eigenvalue weighted by molar-refractivity contribution is 0.341. The molecule has 0 atom stereocenters. The highest BCUT2D eigenvalue weighted by Crippen LogP contribution is 2.33. The Morgan fingerprint density at radius 1 is 1.41 bits per heavy atom. The van der Waals surface area contributed by atoms with E-state index in [2.05, 4.69) is 27.6 Å². The summed E-state index contributed by atoms with van der Waals surface area (Å²) in [7, 11) is 1.44. The summed E-state index contributed by atoms with van der Waals surface area (Å²) < 4.78 is 25.0. The molecule has 1 heterocycles. The maximum absolute atomic E-state index is 13.5. The van der Waals surface area contributed by atoms with Crippen LogP contribution in [-0.4, -0.2) is 18.7 Å². The van der Waals surface area contributed by atoms with Gasteiger partial charge in [-0.2, -0.15) is 0 Å². The quantitative estimate of drug-likeness (QED) is 0.798. The van der Waals surface area contributed by atoms with Crippen molar-refractivity contribution in [1.29, 1.82) is 0 Å². The van der Waals surface area contributed by atoms with Gasteiger partial charge in [-0.3, -0.25) is 4.98 Å². The van der Waals surface area contributed by atoms with Crippen molar-refractivity contribution in [3.05, 3.63) is 27.7 Å². The summed E-state index contributed by atoms with van der Waals surface area (Å²) in [6.07, 6.45) is 1.67. The third kappa shape index (κ3) is 2.29. The van der Waals surface area contributed by atoms with Crippen LogP contribution in [0.3, 0.4) is 0 Å². The van der Waals surface area contributed by atoms with Gasteiger partial charge >= 0.3 is 0 Å². The molecule has 17 heavy (non-hydrogen) atoms. The Morgan fingerprint density at radius 3 is 2.82 bits per heavy atom. The Kier molecular flexibility index (Phi) is 3.66. The molecule has 0 aliphatic rings. The van der Waals surface area contributed by atoms with Crippen LogP contribution in [0.15, 0.2) is 18.3 Å². The van der Waals surface area contributed by atoms with Crippen molar-refractivity contribution >= 4 is 33.5 Å². The Hall–Kier alpha value is -1.11. The highest BCUT2D eigenvalue weighted by molar-refractivity contribution is 14.1. The summed E-state index contributed by atoms with van der Waals surface area (Å²) in [5.41, 5.74) is 0.562. The van der Waals surface area contributed by atoms with Gasteiger partial charge in [-0.05, 0) is 35.6 Å². The van der Waals surface area contributed by atoms with Gasteiger partial charge in [0, 0.05) is 17.6 Å². The molecule has 0 bridgehead atoms. The fourth-order valence-corrected chi connectivity index (χ4v) is 2.18. The number of fused-ring (bicyclic) bond motifs is 1. The molecule has 0 N–H and O–H groups in total. The number of aromatic nitrogens is 1. The molecule has 0 saturated heterocycles. The molecular weight excluding hydrogens is 336 g/mol. The van der Waals surface area contributed by atoms with Gasteiger partial charge < -0.3 is 9.47 Å². The van der Waals surface area contributed by atoms with Crippen LogP contribution < -0.4 is 9.47 Å². The summed E-state index contributed by atoms with van der Waals surface area (Å²) in [6, 6.07) is 2.97. The lowest BCUT2D eigenvalue weighted by atomic mass is 10.2. The number of ether oxygens (including phenoxy) is 2. The van der Waals surface area contributed by atoms with Crippen LogP contribution in [0, 0.1) is 9.39 Å². The predicted octanol–water partition coefficient (Wildman–Crippen LogP) is 3.39. The molecule has 1 aromatic heterocycles. The van der Waals surface area contributed by atoms with Gasteiger partial charge in [0.1, 0.15) is 5.75 Å². The van der Waals surface area contributed by atoms with E-state index >= 15 is 0 Å². The molecule has 90 valence electrons. The van der Waals surface area contributed by atoms with E-state index in [1.807, 2.05) is 6.92 Å². The minimum Gasteiger partial charge on any atom is -0.494 e. The van der Waals surface area contributed by atoms with E-state index in [1.54, 1.807) is 12.3 Å². The third-order valence-corrected chi connectivity index (χ3v) is 3.11. The van der Waals surface area contributed by atoms with Crippen molar-refractivity contribution in [2.24, 2.45) is 0 Å². The summed E-state index contributed by atoms with van der Waals surface area (Å²) in [4.78, 5) is 4.18. The van der Waals surface area contributed by atoms with E-state index in [0.717, 1.165) is 14.7 Å². The van der Waals surface area contributed by atoms with Gasteiger partial charge in [-0.25, -0.2) is 4.39 Å². The SMILES string of the molecule is CCOc1c(I)cnc2cc(F)c(OC)cc12. The van der Waals surface area contributed by atoms with Crippen LogP contribution >= 0.6 is 22.6 Å².